The third kappa shape index (κ3) is 4.72. The van der Waals surface area contributed by atoms with Crippen molar-refractivity contribution in [1.29, 1.82) is 0 Å². The summed E-state index contributed by atoms with van der Waals surface area (Å²) in [4.78, 5) is 13.1. The Balaban J connectivity index is 2.61. The van der Waals surface area contributed by atoms with Crippen LogP contribution < -0.4 is 0 Å². The van der Waals surface area contributed by atoms with Crippen molar-refractivity contribution >= 4 is 5.97 Å². The van der Waals surface area contributed by atoms with Crippen LogP contribution in [0.3, 0.4) is 0 Å². The van der Waals surface area contributed by atoms with E-state index in [1.807, 2.05) is 0 Å². The van der Waals surface area contributed by atoms with E-state index in [0.717, 1.165) is 12.8 Å². The van der Waals surface area contributed by atoms with Crippen LogP contribution in [0.25, 0.3) is 0 Å². The van der Waals surface area contributed by atoms with Gasteiger partial charge in [-0.15, -0.1) is 0 Å². The Morgan fingerprint density at radius 1 is 1.30 bits per heavy atom. The number of carboxylic acid groups (broad SMARTS) is 1. The number of hydrogen-bond donors (Lipinski definition) is 3. The van der Waals surface area contributed by atoms with Gasteiger partial charge in [-0.25, -0.2) is 0 Å². The summed E-state index contributed by atoms with van der Waals surface area (Å²) in [6.07, 6.45) is 4.14. The number of aliphatic hydroxyl groups is 2. The molecule has 5 heteroatoms. The molecule has 5 nitrogen and oxygen atoms in total. The zero-order valence-electron chi connectivity index (χ0n) is 12.7. The third-order valence-corrected chi connectivity index (χ3v) is 4.61. The van der Waals surface area contributed by atoms with E-state index < -0.39 is 11.6 Å². The van der Waals surface area contributed by atoms with Gasteiger partial charge in [-0.1, -0.05) is 13.8 Å². The predicted octanol–water partition coefficient (Wildman–Crippen LogP) is 1.48. The van der Waals surface area contributed by atoms with Gasteiger partial charge in [0.1, 0.15) is 0 Å². The van der Waals surface area contributed by atoms with E-state index >= 15 is 0 Å². The molecule has 1 saturated carbocycles. The topological polar surface area (TPSA) is 81.0 Å². The lowest BCUT2D eigenvalue weighted by atomic mass is 9.78. The Hall–Kier alpha value is -0.650. The van der Waals surface area contributed by atoms with E-state index in [2.05, 4.69) is 18.7 Å². The zero-order valence-corrected chi connectivity index (χ0v) is 12.7. The summed E-state index contributed by atoms with van der Waals surface area (Å²) in [5.41, 5.74) is -0.802. The Labute approximate surface area is 121 Å². The molecular formula is C15H29NO4. The molecule has 20 heavy (non-hydrogen) atoms. The highest BCUT2D eigenvalue weighted by molar-refractivity contribution is 5.70. The molecule has 0 heterocycles. The number of aliphatic carboxylic acids is 1. The van der Waals surface area contributed by atoms with Crippen LogP contribution in [0.5, 0.6) is 0 Å². The molecule has 3 N–H and O–H groups in total. The Morgan fingerprint density at radius 2 is 1.85 bits per heavy atom. The molecule has 0 aromatic heterocycles. The van der Waals surface area contributed by atoms with E-state index in [-0.39, 0.29) is 12.5 Å². The molecule has 0 aromatic carbocycles. The fourth-order valence-electron chi connectivity index (χ4n) is 3.26. The highest BCUT2D eigenvalue weighted by Gasteiger charge is 2.37. The lowest BCUT2D eigenvalue weighted by molar-refractivity contribution is -0.145. The van der Waals surface area contributed by atoms with Gasteiger partial charge in [0.05, 0.1) is 18.1 Å². The summed E-state index contributed by atoms with van der Waals surface area (Å²) < 4.78 is 0. The summed E-state index contributed by atoms with van der Waals surface area (Å²) in [5.74, 6) is -1.06. The van der Waals surface area contributed by atoms with Gasteiger partial charge < -0.3 is 15.3 Å². The van der Waals surface area contributed by atoms with Crippen LogP contribution in [0.4, 0.5) is 0 Å². The van der Waals surface area contributed by atoms with Gasteiger partial charge in [0.25, 0.3) is 0 Å². The first-order valence-corrected chi connectivity index (χ1v) is 7.75. The SMILES string of the molecule is CCC(CC)N(CCO)CC1(O)CCC(C(=O)O)CC1. The van der Waals surface area contributed by atoms with Crippen molar-refractivity contribution in [3.8, 4) is 0 Å². The lowest BCUT2D eigenvalue weighted by Gasteiger charge is -2.41. The number of carbonyl (C=O) groups is 1. The number of hydrogen-bond acceptors (Lipinski definition) is 4. The largest absolute Gasteiger partial charge is 0.481 e. The summed E-state index contributed by atoms with van der Waals surface area (Å²) >= 11 is 0. The number of rotatable bonds is 8. The number of aliphatic hydroxyl groups excluding tert-OH is 1. The van der Waals surface area contributed by atoms with Crippen molar-refractivity contribution in [2.45, 2.75) is 64.0 Å². The average Bonchev–Trinajstić information content (AvgIpc) is 2.40. The van der Waals surface area contributed by atoms with Crippen molar-refractivity contribution in [1.82, 2.24) is 4.90 Å². The first-order valence-electron chi connectivity index (χ1n) is 7.75. The van der Waals surface area contributed by atoms with Crippen molar-refractivity contribution in [3.05, 3.63) is 0 Å². The minimum atomic E-state index is -0.802. The smallest absolute Gasteiger partial charge is 0.306 e. The van der Waals surface area contributed by atoms with E-state index in [4.69, 9.17) is 5.11 Å². The van der Waals surface area contributed by atoms with Gasteiger partial charge >= 0.3 is 5.97 Å². The van der Waals surface area contributed by atoms with Crippen LogP contribution in [0.1, 0.15) is 52.4 Å². The molecule has 0 atom stereocenters. The molecule has 0 unspecified atom stereocenters. The second-order valence-corrected chi connectivity index (χ2v) is 6.00. The quantitative estimate of drug-likeness (QED) is 0.630. The second-order valence-electron chi connectivity index (χ2n) is 6.00. The van der Waals surface area contributed by atoms with E-state index in [1.165, 1.54) is 0 Å². The van der Waals surface area contributed by atoms with E-state index in [0.29, 0.717) is 44.8 Å². The van der Waals surface area contributed by atoms with E-state index in [1.54, 1.807) is 0 Å². The fraction of sp³-hybridized carbons (Fsp3) is 0.933. The van der Waals surface area contributed by atoms with Gasteiger partial charge in [-0.2, -0.15) is 0 Å². The van der Waals surface area contributed by atoms with E-state index in [9.17, 15) is 15.0 Å². The molecule has 0 saturated heterocycles. The van der Waals surface area contributed by atoms with Crippen LogP contribution in [0.15, 0.2) is 0 Å². The first kappa shape index (κ1) is 17.4. The molecule has 118 valence electrons. The molecular weight excluding hydrogens is 258 g/mol. The molecule has 0 aliphatic heterocycles. The van der Waals surface area contributed by atoms with Crippen LogP contribution >= 0.6 is 0 Å². The molecule has 0 spiro atoms. The molecule has 0 bridgehead atoms. The summed E-state index contributed by atoms with van der Waals surface area (Å²) in [6.45, 7) is 5.42. The number of nitrogens with zero attached hydrogens (tertiary/aromatic N) is 1. The van der Waals surface area contributed by atoms with Gasteiger partial charge in [0.2, 0.25) is 0 Å². The standard InChI is InChI=1S/C15H29NO4/c1-3-13(4-2)16(9-10-17)11-15(20)7-5-12(6-8-15)14(18)19/h12-13,17,20H,3-11H2,1-2H3,(H,18,19). The monoisotopic (exact) mass is 287 g/mol. The van der Waals surface area contributed by atoms with Crippen LogP contribution in [-0.4, -0.2) is 57.5 Å². The maximum absolute atomic E-state index is 11.0. The number of carboxylic acids is 1. The molecule has 0 amide bonds. The average molecular weight is 287 g/mol. The molecule has 1 rings (SSSR count). The van der Waals surface area contributed by atoms with Crippen LogP contribution in [0, 0.1) is 5.92 Å². The van der Waals surface area contributed by atoms with Crippen LogP contribution in [-0.2, 0) is 4.79 Å². The van der Waals surface area contributed by atoms with Gasteiger partial charge in [-0.3, -0.25) is 9.69 Å². The van der Waals surface area contributed by atoms with Crippen molar-refractivity contribution in [2.75, 3.05) is 19.7 Å². The van der Waals surface area contributed by atoms with Gasteiger partial charge in [0.15, 0.2) is 0 Å². The van der Waals surface area contributed by atoms with Crippen molar-refractivity contribution in [2.24, 2.45) is 5.92 Å². The molecule has 1 fully saturated rings. The Bertz CT molecular complexity index is 296. The summed E-state index contributed by atoms with van der Waals surface area (Å²) in [6, 6.07) is 0.364. The zero-order chi connectivity index (χ0) is 15.2. The molecule has 0 radical (unpaired) electrons. The maximum atomic E-state index is 11.0. The third-order valence-electron chi connectivity index (χ3n) is 4.61. The minimum Gasteiger partial charge on any atom is -0.481 e. The molecule has 1 aliphatic rings. The Morgan fingerprint density at radius 3 is 2.25 bits per heavy atom. The highest BCUT2D eigenvalue weighted by Crippen LogP contribution is 2.33. The highest BCUT2D eigenvalue weighted by atomic mass is 16.4. The Kier molecular flexibility index (Phi) is 6.92. The second kappa shape index (κ2) is 7.96. The fourth-order valence-corrected chi connectivity index (χ4v) is 3.26. The lowest BCUT2D eigenvalue weighted by Crippen LogP contribution is -2.50. The maximum Gasteiger partial charge on any atom is 0.306 e. The first-order chi connectivity index (χ1) is 9.45. The van der Waals surface area contributed by atoms with Gasteiger partial charge in [0, 0.05) is 19.1 Å². The summed E-state index contributed by atoms with van der Waals surface area (Å²) in [7, 11) is 0. The normalized spacial score (nSPS) is 27.2. The predicted molar refractivity (Wildman–Crippen MR) is 77.6 cm³/mol. The van der Waals surface area contributed by atoms with Crippen LogP contribution in [0.2, 0.25) is 0 Å². The summed E-state index contributed by atoms with van der Waals surface area (Å²) in [5, 5.41) is 28.9. The molecule has 1 aliphatic carbocycles. The van der Waals surface area contributed by atoms with Crippen molar-refractivity contribution < 1.29 is 20.1 Å². The minimum absolute atomic E-state index is 0.0876. The molecule has 0 aromatic rings. The van der Waals surface area contributed by atoms with Crippen molar-refractivity contribution in [3.63, 3.8) is 0 Å². The van der Waals surface area contributed by atoms with Gasteiger partial charge in [-0.05, 0) is 38.5 Å².